The van der Waals surface area contributed by atoms with E-state index in [-0.39, 0.29) is 5.91 Å². The number of ether oxygens (including phenoxy) is 1. The maximum atomic E-state index is 12.6. The molecule has 0 unspecified atom stereocenters. The summed E-state index contributed by atoms with van der Waals surface area (Å²) in [6, 6.07) is 19.2. The zero-order valence-corrected chi connectivity index (χ0v) is 15.8. The molecular formula is C22H25N3O2. The number of benzene rings is 2. The van der Waals surface area contributed by atoms with E-state index >= 15 is 0 Å². The van der Waals surface area contributed by atoms with E-state index in [1.54, 1.807) is 12.1 Å². The molecule has 0 aliphatic rings. The lowest BCUT2D eigenvalue weighted by Crippen LogP contribution is -2.16. The average molecular weight is 363 g/mol. The Hall–Kier alpha value is -3.08. The van der Waals surface area contributed by atoms with Crippen LogP contribution in [0.2, 0.25) is 0 Å². The highest BCUT2D eigenvalue weighted by Crippen LogP contribution is 2.17. The largest absolute Gasteiger partial charge is 0.494 e. The molecule has 1 aromatic heterocycles. The van der Waals surface area contributed by atoms with Crippen LogP contribution >= 0.6 is 0 Å². The Labute approximate surface area is 160 Å². The van der Waals surface area contributed by atoms with E-state index in [9.17, 15) is 4.79 Å². The molecule has 1 amide bonds. The Kier molecular flexibility index (Phi) is 6.26. The Morgan fingerprint density at radius 3 is 2.56 bits per heavy atom. The van der Waals surface area contributed by atoms with Crippen molar-refractivity contribution >= 4 is 11.7 Å². The molecule has 0 atom stereocenters. The van der Waals surface area contributed by atoms with Crippen molar-refractivity contribution in [1.82, 2.24) is 9.78 Å². The number of hydrogen-bond donors (Lipinski definition) is 1. The number of anilines is 1. The summed E-state index contributed by atoms with van der Waals surface area (Å²) in [5.74, 6) is 1.30. The minimum Gasteiger partial charge on any atom is -0.494 e. The van der Waals surface area contributed by atoms with Gasteiger partial charge >= 0.3 is 0 Å². The van der Waals surface area contributed by atoms with Crippen LogP contribution in [0.5, 0.6) is 5.75 Å². The van der Waals surface area contributed by atoms with Gasteiger partial charge in [0.1, 0.15) is 11.6 Å². The third-order valence-electron chi connectivity index (χ3n) is 4.20. The molecule has 5 nitrogen and oxygen atoms in total. The Morgan fingerprint density at radius 1 is 1.11 bits per heavy atom. The molecule has 1 N–H and O–H groups in total. The molecule has 0 aliphatic carbocycles. The standard InChI is InChI=1S/C22H25N3O2/c1-3-4-14-27-20-12-10-19(11-13-20)22(26)23-21-15-17(2)24-25(21)16-18-8-6-5-7-9-18/h5-13,15H,3-4,14,16H2,1-2H3,(H,23,26). The fourth-order valence-electron chi connectivity index (χ4n) is 2.75. The lowest BCUT2D eigenvalue weighted by molar-refractivity contribution is 0.102. The van der Waals surface area contributed by atoms with Crippen molar-refractivity contribution in [1.29, 1.82) is 0 Å². The molecule has 2 aromatic carbocycles. The summed E-state index contributed by atoms with van der Waals surface area (Å²) in [5, 5.41) is 7.45. The van der Waals surface area contributed by atoms with Gasteiger partial charge in [0, 0.05) is 11.6 Å². The Balaban J connectivity index is 1.67. The molecule has 5 heteroatoms. The molecular weight excluding hydrogens is 338 g/mol. The van der Waals surface area contributed by atoms with Gasteiger partial charge in [0.15, 0.2) is 0 Å². The molecule has 3 rings (SSSR count). The fourth-order valence-corrected chi connectivity index (χ4v) is 2.75. The second kappa shape index (κ2) is 9.03. The SMILES string of the molecule is CCCCOc1ccc(C(=O)Nc2cc(C)nn2Cc2ccccc2)cc1. The zero-order valence-electron chi connectivity index (χ0n) is 15.8. The molecule has 140 valence electrons. The summed E-state index contributed by atoms with van der Waals surface area (Å²) in [7, 11) is 0. The first-order valence-electron chi connectivity index (χ1n) is 9.28. The van der Waals surface area contributed by atoms with Gasteiger partial charge in [-0.05, 0) is 43.2 Å². The van der Waals surface area contributed by atoms with Crippen molar-refractivity contribution in [2.75, 3.05) is 11.9 Å². The first-order valence-corrected chi connectivity index (χ1v) is 9.28. The predicted molar refractivity (Wildman–Crippen MR) is 107 cm³/mol. The molecule has 0 aliphatic heterocycles. The van der Waals surface area contributed by atoms with Crippen LogP contribution in [0.4, 0.5) is 5.82 Å². The minimum atomic E-state index is -0.163. The van der Waals surface area contributed by atoms with E-state index in [2.05, 4.69) is 17.3 Å². The van der Waals surface area contributed by atoms with Gasteiger partial charge < -0.3 is 10.1 Å². The minimum absolute atomic E-state index is 0.163. The van der Waals surface area contributed by atoms with Gasteiger partial charge in [-0.15, -0.1) is 0 Å². The first kappa shape index (κ1) is 18.7. The van der Waals surface area contributed by atoms with Gasteiger partial charge in [-0.3, -0.25) is 4.79 Å². The normalized spacial score (nSPS) is 10.6. The highest BCUT2D eigenvalue weighted by molar-refractivity contribution is 6.03. The van der Waals surface area contributed by atoms with E-state index < -0.39 is 0 Å². The maximum absolute atomic E-state index is 12.6. The van der Waals surface area contributed by atoms with E-state index in [0.29, 0.717) is 24.5 Å². The topological polar surface area (TPSA) is 56.1 Å². The van der Waals surface area contributed by atoms with Crippen LogP contribution in [0, 0.1) is 6.92 Å². The summed E-state index contributed by atoms with van der Waals surface area (Å²) in [5.41, 5.74) is 2.58. The van der Waals surface area contributed by atoms with E-state index in [1.807, 2.05) is 60.1 Å². The molecule has 0 saturated carbocycles. The molecule has 0 radical (unpaired) electrons. The van der Waals surface area contributed by atoms with Crippen molar-refractivity contribution < 1.29 is 9.53 Å². The molecule has 0 fully saturated rings. The number of unbranched alkanes of at least 4 members (excludes halogenated alkanes) is 1. The third kappa shape index (κ3) is 5.20. The van der Waals surface area contributed by atoms with Crippen LogP contribution in [0.1, 0.15) is 41.4 Å². The quantitative estimate of drug-likeness (QED) is 0.592. The Bertz CT molecular complexity index is 870. The van der Waals surface area contributed by atoms with Crippen LogP contribution < -0.4 is 10.1 Å². The highest BCUT2D eigenvalue weighted by Gasteiger charge is 2.12. The number of aryl methyl sites for hydroxylation is 1. The van der Waals surface area contributed by atoms with E-state index in [1.165, 1.54) is 0 Å². The lowest BCUT2D eigenvalue weighted by Gasteiger charge is -2.10. The number of nitrogens with one attached hydrogen (secondary N) is 1. The second-order valence-electron chi connectivity index (χ2n) is 6.49. The van der Waals surface area contributed by atoms with Gasteiger partial charge in [0.2, 0.25) is 0 Å². The second-order valence-corrected chi connectivity index (χ2v) is 6.49. The van der Waals surface area contributed by atoms with Crippen molar-refractivity contribution in [3.8, 4) is 5.75 Å². The van der Waals surface area contributed by atoms with Gasteiger partial charge in [-0.2, -0.15) is 5.10 Å². The van der Waals surface area contributed by atoms with Crippen molar-refractivity contribution in [3.05, 3.63) is 77.5 Å². The summed E-state index contributed by atoms with van der Waals surface area (Å²) in [6.07, 6.45) is 2.11. The maximum Gasteiger partial charge on any atom is 0.256 e. The zero-order chi connectivity index (χ0) is 19.1. The monoisotopic (exact) mass is 363 g/mol. The van der Waals surface area contributed by atoms with Gasteiger partial charge in [-0.1, -0.05) is 43.7 Å². The van der Waals surface area contributed by atoms with Crippen molar-refractivity contribution in [3.63, 3.8) is 0 Å². The molecule has 0 spiro atoms. The molecule has 0 saturated heterocycles. The van der Waals surface area contributed by atoms with Gasteiger partial charge in [0.05, 0.1) is 18.8 Å². The van der Waals surface area contributed by atoms with Crippen LogP contribution in [-0.2, 0) is 6.54 Å². The van der Waals surface area contributed by atoms with E-state index in [0.717, 1.165) is 29.8 Å². The number of carbonyl (C=O) groups is 1. The van der Waals surface area contributed by atoms with Gasteiger partial charge in [0.25, 0.3) is 5.91 Å². The Morgan fingerprint density at radius 2 is 1.85 bits per heavy atom. The number of rotatable bonds is 8. The fraction of sp³-hybridized carbons (Fsp3) is 0.273. The van der Waals surface area contributed by atoms with Crippen LogP contribution in [0.25, 0.3) is 0 Å². The molecule has 27 heavy (non-hydrogen) atoms. The predicted octanol–water partition coefficient (Wildman–Crippen LogP) is 4.67. The summed E-state index contributed by atoms with van der Waals surface area (Å²) >= 11 is 0. The van der Waals surface area contributed by atoms with Crippen molar-refractivity contribution in [2.45, 2.75) is 33.2 Å². The van der Waals surface area contributed by atoms with Crippen LogP contribution in [0.3, 0.4) is 0 Å². The van der Waals surface area contributed by atoms with E-state index in [4.69, 9.17) is 4.74 Å². The lowest BCUT2D eigenvalue weighted by atomic mass is 10.2. The summed E-state index contributed by atoms with van der Waals surface area (Å²) in [4.78, 5) is 12.6. The smallest absolute Gasteiger partial charge is 0.256 e. The summed E-state index contributed by atoms with van der Waals surface area (Å²) in [6.45, 7) is 5.34. The first-order chi connectivity index (χ1) is 13.2. The third-order valence-corrected chi connectivity index (χ3v) is 4.20. The summed E-state index contributed by atoms with van der Waals surface area (Å²) < 4.78 is 7.45. The highest BCUT2D eigenvalue weighted by atomic mass is 16.5. The van der Waals surface area contributed by atoms with Crippen molar-refractivity contribution in [2.24, 2.45) is 0 Å². The number of aromatic nitrogens is 2. The number of hydrogen-bond acceptors (Lipinski definition) is 3. The average Bonchev–Trinajstić information content (AvgIpc) is 3.02. The molecule has 1 heterocycles. The molecule has 0 bridgehead atoms. The number of amides is 1. The van der Waals surface area contributed by atoms with Crippen LogP contribution in [-0.4, -0.2) is 22.3 Å². The van der Waals surface area contributed by atoms with Gasteiger partial charge in [-0.25, -0.2) is 4.68 Å². The number of carbonyl (C=O) groups excluding carboxylic acids is 1. The number of nitrogens with zero attached hydrogens (tertiary/aromatic N) is 2. The molecule has 3 aromatic rings. The van der Waals surface area contributed by atoms with Crippen LogP contribution in [0.15, 0.2) is 60.7 Å².